The number of ketones is 1. The van der Waals surface area contributed by atoms with Gasteiger partial charge in [-0.25, -0.2) is 0 Å². The molecular formula is C16H27N3O. The van der Waals surface area contributed by atoms with Crippen LogP contribution in [0.1, 0.15) is 63.2 Å². The van der Waals surface area contributed by atoms with Crippen LogP contribution < -0.4 is 0 Å². The third kappa shape index (κ3) is 2.66. The van der Waals surface area contributed by atoms with Crippen molar-refractivity contribution in [1.29, 1.82) is 0 Å². The topological polar surface area (TPSA) is 38.1 Å². The Kier molecular flexibility index (Phi) is 4.97. The molecule has 4 nitrogen and oxygen atoms in total. The van der Waals surface area contributed by atoms with Crippen LogP contribution in [0.3, 0.4) is 0 Å². The lowest BCUT2D eigenvalue weighted by Gasteiger charge is -2.39. The van der Waals surface area contributed by atoms with Gasteiger partial charge in [0.2, 0.25) is 0 Å². The van der Waals surface area contributed by atoms with Crippen LogP contribution in [-0.4, -0.2) is 39.1 Å². The van der Waals surface area contributed by atoms with E-state index in [1.54, 1.807) is 6.20 Å². The molecule has 1 aromatic rings. The first-order valence-electron chi connectivity index (χ1n) is 8.00. The predicted octanol–water partition coefficient (Wildman–Crippen LogP) is 3.13. The normalized spacial score (nSPS) is 16.8. The average molecular weight is 277 g/mol. The summed E-state index contributed by atoms with van der Waals surface area (Å²) in [4.78, 5) is 15.4. The molecule has 1 aromatic heterocycles. The molecule has 1 aliphatic rings. The second-order valence-corrected chi connectivity index (χ2v) is 5.75. The first-order valence-corrected chi connectivity index (χ1v) is 8.00. The zero-order valence-electron chi connectivity index (χ0n) is 13.1. The summed E-state index contributed by atoms with van der Waals surface area (Å²) in [5, 5.41) is 4.31. The molecule has 1 saturated heterocycles. The third-order valence-electron chi connectivity index (χ3n) is 4.65. The number of hydrogen-bond donors (Lipinski definition) is 0. The van der Waals surface area contributed by atoms with Crippen LogP contribution in [0, 0.1) is 0 Å². The number of aromatic nitrogens is 2. The Morgan fingerprint density at radius 2 is 1.90 bits per heavy atom. The maximum atomic E-state index is 13.0. The van der Waals surface area contributed by atoms with E-state index >= 15 is 0 Å². The monoisotopic (exact) mass is 277 g/mol. The molecule has 1 aliphatic heterocycles. The number of nitrogens with zero attached hydrogens (tertiary/aromatic N) is 3. The van der Waals surface area contributed by atoms with Crippen molar-refractivity contribution in [1.82, 2.24) is 14.7 Å². The van der Waals surface area contributed by atoms with Crippen molar-refractivity contribution in [3.05, 3.63) is 18.0 Å². The highest BCUT2D eigenvalue weighted by Gasteiger charge is 2.42. The second-order valence-electron chi connectivity index (χ2n) is 5.75. The number of Topliss-reactive ketones (excluding diaryl/α,β-unsaturated/α-hetero) is 1. The Morgan fingerprint density at radius 1 is 1.25 bits per heavy atom. The summed E-state index contributed by atoms with van der Waals surface area (Å²) >= 11 is 0. The van der Waals surface area contributed by atoms with Gasteiger partial charge >= 0.3 is 0 Å². The molecule has 0 bridgehead atoms. The van der Waals surface area contributed by atoms with Gasteiger partial charge in [0.1, 0.15) is 0 Å². The number of rotatable bonds is 7. The summed E-state index contributed by atoms with van der Waals surface area (Å²) in [5.74, 6) is 0.256. The van der Waals surface area contributed by atoms with Gasteiger partial charge in [-0.05, 0) is 45.2 Å². The van der Waals surface area contributed by atoms with Gasteiger partial charge in [0.05, 0.1) is 17.3 Å². The highest BCUT2D eigenvalue weighted by molar-refractivity contribution is 6.02. The molecule has 0 unspecified atom stereocenters. The summed E-state index contributed by atoms with van der Waals surface area (Å²) < 4.78 is 1.88. The molecule has 112 valence electrons. The van der Waals surface area contributed by atoms with Crippen molar-refractivity contribution < 1.29 is 4.79 Å². The van der Waals surface area contributed by atoms with Gasteiger partial charge < -0.3 is 0 Å². The first kappa shape index (κ1) is 15.2. The lowest BCUT2D eigenvalue weighted by Crippen LogP contribution is -2.52. The summed E-state index contributed by atoms with van der Waals surface area (Å²) in [7, 11) is 0. The molecule has 0 N–H and O–H groups in total. The van der Waals surface area contributed by atoms with Crippen molar-refractivity contribution in [2.24, 2.45) is 0 Å². The molecule has 2 rings (SSSR count). The van der Waals surface area contributed by atoms with E-state index in [-0.39, 0.29) is 11.3 Å². The SMILES string of the molecule is CCCn1cc(C(=O)C(CC)(CC)N2CCCC2)cn1. The van der Waals surface area contributed by atoms with Crippen LogP contribution in [0.15, 0.2) is 12.4 Å². The fourth-order valence-electron chi connectivity index (χ4n) is 3.41. The van der Waals surface area contributed by atoms with Crippen molar-refractivity contribution in [3.8, 4) is 0 Å². The molecule has 4 heteroatoms. The Balaban J connectivity index is 2.25. The maximum absolute atomic E-state index is 13.0. The van der Waals surface area contributed by atoms with Crippen molar-refractivity contribution in [2.45, 2.75) is 65.0 Å². The summed E-state index contributed by atoms with van der Waals surface area (Å²) in [6.07, 6.45) is 8.88. The zero-order valence-corrected chi connectivity index (χ0v) is 13.1. The molecular weight excluding hydrogens is 250 g/mol. The van der Waals surface area contributed by atoms with Gasteiger partial charge in [0.15, 0.2) is 5.78 Å². The van der Waals surface area contributed by atoms with Gasteiger partial charge in [-0.3, -0.25) is 14.4 Å². The molecule has 0 amide bonds. The van der Waals surface area contributed by atoms with Crippen LogP contribution in [0.5, 0.6) is 0 Å². The van der Waals surface area contributed by atoms with E-state index < -0.39 is 0 Å². The summed E-state index contributed by atoms with van der Waals surface area (Å²) in [6.45, 7) is 9.37. The number of carbonyl (C=O) groups is 1. The number of aryl methyl sites for hydroxylation is 1. The zero-order chi connectivity index (χ0) is 14.6. The minimum atomic E-state index is -0.323. The fourth-order valence-corrected chi connectivity index (χ4v) is 3.41. The fraction of sp³-hybridized carbons (Fsp3) is 0.750. The third-order valence-corrected chi connectivity index (χ3v) is 4.65. The van der Waals surface area contributed by atoms with Crippen LogP contribution in [0.25, 0.3) is 0 Å². The van der Waals surface area contributed by atoms with Crippen LogP contribution in [0.4, 0.5) is 0 Å². The molecule has 0 aliphatic carbocycles. The number of hydrogen-bond acceptors (Lipinski definition) is 3. The van der Waals surface area contributed by atoms with Crippen molar-refractivity contribution in [2.75, 3.05) is 13.1 Å². The average Bonchev–Trinajstić information content (AvgIpc) is 3.12. The van der Waals surface area contributed by atoms with E-state index in [0.717, 1.165) is 44.5 Å². The van der Waals surface area contributed by atoms with Gasteiger partial charge in [-0.1, -0.05) is 20.8 Å². The lowest BCUT2D eigenvalue weighted by molar-refractivity contribution is 0.0581. The van der Waals surface area contributed by atoms with Crippen LogP contribution in [-0.2, 0) is 6.54 Å². The molecule has 0 saturated carbocycles. The number of likely N-dealkylation sites (tertiary alicyclic amines) is 1. The van der Waals surface area contributed by atoms with Gasteiger partial charge in [0.25, 0.3) is 0 Å². The van der Waals surface area contributed by atoms with E-state index in [9.17, 15) is 4.79 Å². The molecule has 0 atom stereocenters. The largest absolute Gasteiger partial charge is 0.292 e. The Hall–Kier alpha value is -1.16. The minimum absolute atomic E-state index is 0.256. The molecule has 2 heterocycles. The van der Waals surface area contributed by atoms with Crippen molar-refractivity contribution >= 4 is 5.78 Å². The maximum Gasteiger partial charge on any atom is 0.186 e. The van der Waals surface area contributed by atoms with E-state index in [2.05, 4.69) is 30.8 Å². The van der Waals surface area contributed by atoms with Gasteiger partial charge in [-0.15, -0.1) is 0 Å². The smallest absolute Gasteiger partial charge is 0.186 e. The van der Waals surface area contributed by atoms with E-state index in [0.29, 0.717) is 0 Å². The van der Waals surface area contributed by atoms with Gasteiger partial charge in [-0.2, -0.15) is 5.10 Å². The molecule has 20 heavy (non-hydrogen) atoms. The standard InChI is InChI=1S/C16H27N3O/c1-4-9-19-13-14(12-17-19)15(20)16(5-2,6-3)18-10-7-8-11-18/h12-13H,4-11H2,1-3H3. The van der Waals surface area contributed by atoms with E-state index in [4.69, 9.17) is 0 Å². The first-order chi connectivity index (χ1) is 9.67. The quantitative estimate of drug-likeness (QED) is 0.719. The summed E-state index contributed by atoms with van der Waals surface area (Å²) in [6, 6.07) is 0. The highest BCUT2D eigenvalue weighted by atomic mass is 16.1. The number of carbonyl (C=O) groups excluding carboxylic acids is 1. The van der Waals surface area contributed by atoms with Crippen LogP contribution in [0.2, 0.25) is 0 Å². The molecule has 0 aromatic carbocycles. The predicted molar refractivity (Wildman–Crippen MR) is 81.0 cm³/mol. The van der Waals surface area contributed by atoms with Crippen LogP contribution >= 0.6 is 0 Å². The minimum Gasteiger partial charge on any atom is -0.292 e. The Labute approximate surface area is 122 Å². The second kappa shape index (κ2) is 6.53. The molecule has 0 radical (unpaired) electrons. The Morgan fingerprint density at radius 3 is 2.45 bits per heavy atom. The Bertz CT molecular complexity index is 442. The summed E-state index contributed by atoms with van der Waals surface area (Å²) in [5.41, 5.74) is 0.449. The molecule has 0 spiro atoms. The lowest BCUT2D eigenvalue weighted by atomic mass is 9.83. The van der Waals surface area contributed by atoms with Gasteiger partial charge in [0, 0.05) is 12.7 Å². The van der Waals surface area contributed by atoms with E-state index in [1.165, 1.54) is 12.8 Å². The highest BCUT2D eigenvalue weighted by Crippen LogP contribution is 2.31. The van der Waals surface area contributed by atoms with Crippen molar-refractivity contribution in [3.63, 3.8) is 0 Å². The van der Waals surface area contributed by atoms with E-state index in [1.807, 2.05) is 10.9 Å². The molecule has 1 fully saturated rings.